The average Bonchev–Trinajstić information content (AvgIpc) is 3.77. The molecule has 0 saturated carbocycles. The van der Waals surface area contributed by atoms with Crippen LogP contribution in [0.1, 0.15) is 11.3 Å². The number of fused-ring (bicyclic) bond motifs is 7. The van der Waals surface area contributed by atoms with Gasteiger partial charge in [0.1, 0.15) is 17.8 Å². The van der Waals surface area contributed by atoms with Gasteiger partial charge >= 0.3 is 0 Å². The standard InChI is InChI=1S/C48H28N6/c49-29-34-28-33(45-39(30-50)51-46(31-14-4-1-5-15-31)47(52-45)32-16-6-2-7-17-32)24-26-40(34)54-41-22-12-10-20-36(41)37-25-27-43-44(48(37)54)38-21-11-13-23-42(38)53(43)35-18-8-3-9-19-35/h1-28H. The van der Waals surface area contributed by atoms with Crippen molar-refractivity contribution >= 4 is 43.6 Å². The van der Waals surface area contributed by atoms with E-state index in [1.807, 2.05) is 91.0 Å². The van der Waals surface area contributed by atoms with Crippen LogP contribution in [-0.4, -0.2) is 19.1 Å². The third-order valence-corrected chi connectivity index (χ3v) is 10.2. The average molecular weight is 689 g/mol. The summed E-state index contributed by atoms with van der Waals surface area (Å²) in [5, 5.41) is 25.7. The fourth-order valence-electron chi connectivity index (χ4n) is 7.89. The molecular formula is C48H28N6. The summed E-state index contributed by atoms with van der Waals surface area (Å²) < 4.78 is 4.54. The lowest BCUT2D eigenvalue weighted by Crippen LogP contribution is -2.02. The molecule has 0 N–H and O–H groups in total. The largest absolute Gasteiger partial charge is 0.309 e. The van der Waals surface area contributed by atoms with Crippen molar-refractivity contribution in [1.82, 2.24) is 19.1 Å². The van der Waals surface area contributed by atoms with E-state index >= 15 is 0 Å². The molecule has 0 aliphatic rings. The first-order chi connectivity index (χ1) is 26.7. The minimum absolute atomic E-state index is 0.192. The zero-order valence-electron chi connectivity index (χ0n) is 28.8. The van der Waals surface area contributed by atoms with Crippen molar-refractivity contribution in [1.29, 1.82) is 10.5 Å². The number of aromatic nitrogens is 4. The molecule has 0 amide bonds. The molecule has 3 heterocycles. The van der Waals surface area contributed by atoms with Gasteiger partial charge in [-0.25, -0.2) is 9.97 Å². The Hall–Kier alpha value is -7.80. The molecule has 0 saturated heterocycles. The summed E-state index contributed by atoms with van der Waals surface area (Å²) in [6, 6.07) is 61.9. The van der Waals surface area contributed by atoms with E-state index in [4.69, 9.17) is 9.97 Å². The van der Waals surface area contributed by atoms with Crippen LogP contribution in [0.5, 0.6) is 0 Å². The maximum Gasteiger partial charge on any atom is 0.167 e. The van der Waals surface area contributed by atoms with Crippen molar-refractivity contribution in [2.45, 2.75) is 0 Å². The molecule has 6 nitrogen and oxygen atoms in total. The Balaban J connectivity index is 1.24. The summed E-state index contributed by atoms with van der Waals surface area (Å²) >= 11 is 0. The number of benzene rings is 7. The van der Waals surface area contributed by atoms with Gasteiger partial charge in [-0.1, -0.05) is 127 Å². The number of hydrogen-bond donors (Lipinski definition) is 0. The van der Waals surface area contributed by atoms with E-state index in [1.54, 1.807) is 0 Å². The molecule has 0 radical (unpaired) electrons. The molecule has 0 aliphatic carbocycles. The second kappa shape index (κ2) is 12.5. The van der Waals surface area contributed by atoms with Gasteiger partial charge in [0.25, 0.3) is 0 Å². The highest BCUT2D eigenvalue weighted by atomic mass is 15.0. The highest BCUT2D eigenvalue weighted by Gasteiger charge is 2.23. The monoisotopic (exact) mass is 688 g/mol. The molecule has 10 rings (SSSR count). The second-order valence-electron chi connectivity index (χ2n) is 13.2. The lowest BCUT2D eigenvalue weighted by Gasteiger charge is -2.15. The zero-order chi connectivity index (χ0) is 36.2. The summed E-state index contributed by atoms with van der Waals surface area (Å²) in [5.74, 6) is 0. The summed E-state index contributed by atoms with van der Waals surface area (Å²) in [4.78, 5) is 10.0. The lowest BCUT2D eigenvalue weighted by atomic mass is 10.0. The summed E-state index contributed by atoms with van der Waals surface area (Å²) in [6.45, 7) is 0. The predicted octanol–water partition coefficient (Wildman–Crippen LogP) is 11.4. The van der Waals surface area contributed by atoms with Crippen molar-refractivity contribution in [2.24, 2.45) is 0 Å². The van der Waals surface area contributed by atoms with Gasteiger partial charge < -0.3 is 9.13 Å². The quantitative estimate of drug-likeness (QED) is 0.180. The van der Waals surface area contributed by atoms with E-state index in [0.29, 0.717) is 28.2 Å². The Morgan fingerprint density at radius 3 is 1.69 bits per heavy atom. The van der Waals surface area contributed by atoms with Crippen LogP contribution < -0.4 is 0 Å². The van der Waals surface area contributed by atoms with Crippen LogP contribution in [0.4, 0.5) is 0 Å². The molecule has 0 fully saturated rings. The molecule has 3 aromatic heterocycles. The molecule has 10 aromatic rings. The van der Waals surface area contributed by atoms with E-state index in [0.717, 1.165) is 66.1 Å². The van der Waals surface area contributed by atoms with Gasteiger partial charge in [0, 0.05) is 43.9 Å². The van der Waals surface area contributed by atoms with Gasteiger partial charge in [0.2, 0.25) is 0 Å². The van der Waals surface area contributed by atoms with Crippen molar-refractivity contribution < 1.29 is 0 Å². The summed E-state index contributed by atoms with van der Waals surface area (Å²) in [6.07, 6.45) is 0. The van der Waals surface area contributed by atoms with Crippen molar-refractivity contribution in [3.8, 4) is 57.3 Å². The fourth-order valence-corrected chi connectivity index (χ4v) is 7.89. The second-order valence-corrected chi connectivity index (χ2v) is 13.2. The Morgan fingerprint density at radius 1 is 0.426 bits per heavy atom. The summed E-state index contributed by atoms with van der Waals surface area (Å²) in [5.41, 5.74) is 10.8. The first kappa shape index (κ1) is 31.0. The van der Waals surface area contributed by atoms with Gasteiger partial charge in [-0.3, -0.25) is 0 Å². The van der Waals surface area contributed by atoms with Gasteiger partial charge in [-0.15, -0.1) is 0 Å². The maximum absolute atomic E-state index is 10.9. The molecular weight excluding hydrogens is 661 g/mol. The minimum Gasteiger partial charge on any atom is -0.309 e. The van der Waals surface area contributed by atoms with Crippen LogP contribution in [-0.2, 0) is 0 Å². The number of hydrogen-bond acceptors (Lipinski definition) is 4. The number of nitriles is 2. The van der Waals surface area contributed by atoms with Gasteiger partial charge in [0.05, 0.1) is 44.7 Å². The highest BCUT2D eigenvalue weighted by molar-refractivity contribution is 6.26. The van der Waals surface area contributed by atoms with Crippen LogP contribution >= 0.6 is 0 Å². The molecule has 7 aromatic carbocycles. The van der Waals surface area contributed by atoms with Crippen LogP contribution in [0.3, 0.4) is 0 Å². The number of nitrogens with zero attached hydrogens (tertiary/aromatic N) is 6. The molecule has 0 atom stereocenters. The SMILES string of the molecule is N#Cc1cc(-c2nc(-c3ccccc3)c(-c3ccccc3)nc2C#N)ccc1-n1c2ccccc2c2ccc3c(c4ccccc4n3-c3ccccc3)c21. The van der Waals surface area contributed by atoms with Gasteiger partial charge in [0.15, 0.2) is 5.69 Å². The van der Waals surface area contributed by atoms with E-state index in [-0.39, 0.29) is 5.69 Å². The number of rotatable bonds is 5. The molecule has 0 aliphatic heterocycles. The topological polar surface area (TPSA) is 83.2 Å². The van der Waals surface area contributed by atoms with E-state index < -0.39 is 0 Å². The predicted molar refractivity (Wildman–Crippen MR) is 216 cm³/mol. The molecule has 6 heteroatoms. The van der Waals surface area contributed by atoms with E-state index in [9.17, 15) is 10.5 Å². The van der Waals surface area contributed by atoms with Crippen molar-refractivity contribution in [3.63, 3.8) is 0 Å². The Kier molecular flexibility index (Phi) is 7.15. The highest BCUT2D eigenvalue weighted by Crippen LogP contribution is 2.43. The molecule has 0 spiro atoms. The van der Waals surface area contributed by atoms with Crippen LogP contribution in [0.15, 0.2) is 170 Å². The molecule has 0 unspecified atom stereocenters. The zero-order valence-corrected chi connectivity index (χ0v) is 28.8. The van der Waals surface area contributed by atoms with Gasteiger partial charge in [-0.05, 0) is 42.5 Å². The fraction of sp³-hybridized carbons (Fsp3) is 0. The first-order valence-electron chi connectivity index (χ1n) is 17.7. The lowest BCUT2D eigenvalue weighted by molar-refractivity contribution is 1.16. The van der Waals surface area contributed by atoms with Crippen molar-refractivity contribution in [2.75, 3.05) is 0 Å². The molecule has 250 valence electrons. The smallest absolute Gasteiger partial charge is 0.167 e. The Morgan fingerprint density at radius 2 is 1.02 bits per heavy atom. The molecule has 0 bridgehead atoms. The first-order valence-corrected chi connectivity index (χ1v) is 17.7. The Bertz CT molecular complexity index is 3160. The third-order valence-electron chi connectivity index (χ3n) is 10.2. The van der Waals surface area contributed by atoms with Crippen LogP contribution in [0.25, 0.3) is 88.8 Å². The maximum atomic E-state index is 10.9. The van der Waals surface area contributed by atoms with Crippen LogP contribution in [0, 0.1) is 22.7 Å². The molecule has 54 heavy (non-hydrogen) atoms. The summed E-state index contributed by atoms with van der Waals surface area (Å²) in [7, 11) is 0. The third kappa shape index (κ3) is 4.72. The number of para-hydroxylation sites is 3. The van der Waals surface area contributed by atoms with E-state index in [1.165, 1.54) is 0 Å². The minimum atomic E-state index is 0.192. The van der Waals surface area contributed by atoms with Gasteiger partial charge in [-0.2, -0.15) is 10.5 Å². The Labute approximate surface area is 310 Å². The van der Waals surface area contributed by atoms with E-state index in [2.05, 4.69) is 100 Å². The van der Waals surface area contributed by atoms with Crippen molar-refractivity contribution in [3.05, 3.63) is 181 Å². The normalized spacial score (nSPS) is 11.3. The van der Waals surface area contributed by atoms with Crippen LogP contribution in [0.2, 0.25) is 0 Å².